The molecule has 0 aliphatic rings. The number of phosphoric acid groups is 1. The van der Waals surface area contributed by atoms with Crippen LogP contribution in [0.4, 0.5) is 0 Å². The minimum Gasteiger partial charge on any atom is -0.756 e. The fourth-order valence-electron chi connectivity index (χ4n) is 7.76. The summed E-state index contributed by atoms with van der Waals surface area (Å²) >= 11 is 0. The lowest BCUT2D eigenvalue weighted by Crippen LogP contribution is -2.47. The molecule has 0 aliphatic heterocycles. The number of phosphoric ester groups is 1. The van der Waals surface area contributed by atoms with Gasteiger partial charge in [-0.05, 0) is 115 Å². The molecule has 0 saturated carbocycles. The van der Waals surface area contributed by atoms with E-state index < -0.39 is 32.5 Å². The lowest BCUT2D eigenvalue weighted by molar-refractivity contribution is -0.870. The maximum atomic E-state index is 13.5. The largest absolute Gasteiger partial charge is 0.756 e. The summed E-state index contributed by atoms with van der Waals surface area (Å²) in [6, 6.07) is -0.931. The van der Waals surface area contributed by atoms with Gasteiger partial charge in [0.1, 0.15) is 19.3 Å². The van der Waals surface area contributed by atoms with Crippen LogP contribution in [-0.4, -0.2) is 69.4 Å². The molecule has 3 unspecified atom stereocenters. The topological polar surface area (TPSA) is 114 Å². The zero-order chi connectivity index (χ0) is 55.7. The van der Waals surface area contributed by atoms with Crippen molar-refractivity contribution < 1.29 is 37.3 Å². The molecule has 0 spiro atoms. The highest BCUT2D eigenvalue weighted by molar-refractivity contribution is 7.45. The number of ether oxygens (including phenoxy) is 1. The van der Waals surface area contributed by atoms with Crippen LogP contribution in [0.2, 0.25) is 0 Å². The molecular formula is C66H111N2O7P. The first-order valence-corrected chi connectivity index (χ1v) is 31.5. The number of nitrogens with zero attached hydrogens (tertiary/aromatic N) is 1. The van der Waals surface area contributed by atoms with Gasteiger partial charge < -0.3 is 28.5 Å². The summed E-state index contributed by atoms with van der Waals surface area (Å²) in [5, 5.41) is 3.00. The fraction of sp³-hybridized carbons (Fsp3) is 0.636. The molecule has 0 aromatic carbocycles. The number of esters is 1. The SMILES string of the molecule is CC/C=C\C/C=C\C/C=C\C/C=C\C/C=C\CCCCCCCC(=O)NC(COP(=O)([O-])OCC[N+](C)(C)C)C(/C=C\CCCCCCCCCCCC)OC(=O)CCC/C=C\C/C=C\C/C=C\C/C=C\C/C=C\CC. The number of rotatable bonds is 52. The second-order valence-corrected chi connectivity index (χ2v) is 22.1. The zero-order valence-electron chi connectivity index (χ0n) is 49.2. The molecule has 3 atom stereocenters. The van der Waals surface area contributed by atoms with Crippen LogP contribution in [0, 0.1) is 0 Å². The molecule has 76 heavy (non-hydrogen) atoms. The molecule has 432 valence electrons. The van der Waals surface area contributed by atoms with E-state index >= 15 is 0 Å². The van der Waals surface area contributed by atoms with Gasteiger partial charge in [0.2, 0.25) is 5.91 Å². The Morgan fingerprint density at radius 2 is 0.855 bits per heavy atom. The Labute approximate surface area is 466 Å². The maximum Gasteiger partial charge on any atom is 0.306 e. The van der Waals surface area contributed by atoms with E-state index in [1.807, 2.05) is 27.2 Å². The van der Waals surface area contributed by atoms with E-state index in [0.717, 1.165) is 122 Å². The van der Waals surface area contributed by atoms with Gasteiger partial charge in [0, 0.05) is 12.8 Å². The van der Waals surface area contributed by atoms with E-state index in [1.54, 1.807) is 6.08 Å². The van der Waals surface area contributed by atoms with Crippen LogP contribution < -0.4 is 10.2 Å². The second-order valence-electron chi connectivity index (χ2n) is 20.7. The third kappa shape index (κ3) is 54.9. The van der Waals surface area contributed by atoms with Gasteiger partial charge in [-0.3, -0.25) is 14.2 Å². The Bertz CT molecular complexity index is 1760. The van der Waals surface area contributed by atoms with Gasteiger partial charge in [0.15, 0.2) is 0 Å². The van der Waals surface area contributed by atoms with Crippen LogP contribution in [-0.2, 0) is 27.9 Å². The average Bonchev–Trinajstić information content (AvgIpc) is 3.38. The molecule has 0 fully saturated rings. The minimum absolute atomic E-state index is 0.0430. The van der Waals surface area contributed by atoms with E-state index in [4.69, 9.17) is 13.8 Å². The Balaban J connectivity index is 5.42. The van der Waals surface area contributed by atoms with Gasteiger partial charge in [-0.25, -0.2) is 0 Å². The molecule has 9 nitrogen and oxygen atoms in total. The van der Waals surface area contributed by atoms with Crippen molar-refractivity contribution in [2.45, 2.75) is 232 Å². The molecule has 0 aromatic rings. The maximum absolute atomic E-state index is 13.5. The Morgan fingerprint density at radius 3 is 1.29 bits per heavy atom. The summed E-state index contributed by atoms with van der Waals surface area (Å²) in [5.41, 5.74) is 0. The normalized spacial score (nSPS) is 14.7. The van der Waals surface area contributed by atoms with Gasteiger partial charge in [0.25, 0.3) is 7.82 Å². The van der Waals surface area contributed by atoms with Crippen LogP contribution in [0.25, 0.3) is 0 Å². The van der Waals surface area contributed by atoms with E-state index in [-0.39, 0.29) is 25.4 Å². The molecule has 0 saturated heterocycles. The predicted molar refractivity (Wildman–Crippen MR) is 325 cm³/mol. The highest BCUT2D eigenvalue weighted by atomic mass is 31.2. The lowest BCUT2D eigenvalue weighted by atomic mass is 10.0. The Kier molecular flexibility index (Phi) is 51.7. The molecule has 1 amide bonds. The van der Waals surface area contributed by atoms with Crippen LogP contribution in [0.3, 0.4) is 0 Å². The smallest absolute Gasteiger partial charge is 0.306 e. The van der Waals surface area contributed by atoms with Gasteiger partial charge in [0.05, 0.1) is 33.8 Å². The van der Waals surface area contributed by atoms with Crippen LogP contribution in [0.15, 0.2) is 134 Å². The summed E-state index contributed by atoms with van der Waals surface area (Å²) in [7, 11) is 1.12. The summed E-state index contributed by atoms with van der Waals surface area (Å²) < 4.78 is 30.2. The third-order valence-corrected chi connectivity index (χ3v) is 13.3. The first-order chi connectivity index (χ1) is 36.9. The standard InChI is InChI=1S/C66H111N2O7P/c1-7-10-13-16-19-22-25-28-30-32-33-34-35-37-38-40-43-46-49-52-55-58-65(69)67-63(62-74-76(71,72)73-61-60-68(4,5)6)64(57-54-51-48-45-42-27-24-21-18-15-12-9-3)75-66(70)59-56-53-50-47-44-41-39-36-31-29-26-23-20-17-14-11-8-2/h10-11,13-14,19-20,22-23,28-31,33-34,37-39,41,47,50,54,57,63-64H,7-9,12,15-18,21,24-27,32,35-36,40,42-46,48-49,51-53,55-56,58-62H2,1-6H3,(H-,67,69,71,72)/b13-10-,14-11-,22-19-,23-20-,30-28-,31-29-,34-33-,38-37-,41-39-,50-47-,57-54-. The van der Waals surface area contributed by atoms with Crippen molar-refractivity contribution in [2.75, 3.05) is 40.9 Å². The quantitative estimate of drug-likeness (QED) is 0.0212. The lowest BCUT2D eigenvalue weighted by Gasteiger charge is -2.30. The molecule has 0 radical (unpaired) electrons. The number of amides is 1. The number of hydrogen-bond acceptors (Lipinski definition) is 7. The zero-order valence-corrected chi connectivity index (χ0v) is 50.0. The molecule has 1 N–H and O–H groups in total. The van der Waals surface area contributed by atoms with Crippen LogP contribution >= 0.6 is 7.82 Å². The number of nitrogens with one attached hydrogen (secondary N) is 1. The predicted octanol–water partition coefficient (Wildman–Crippen LogP) is 17.9. The van der Waals surface area contributed by atoms with Crippen LogP contribution in [0.5, 0.6) is 0 Å². The molecule has 10 heteroatoms. The summed E-state index contributed by atoms with van der Waals surface area (Å²) in [6.45, 7) is 6.53. The summed E-state index contributed by atoms with van der Waals surface area (Å²) in [6.07, 6.45) is 77.1. The number of quaternary nitrogens is 1. The molecule has 0 heterocycles. The van der Waals surface area contributed by atoms with Gasteiger partial charge in [-0.2, -0.15) is 0 Å². The number of hydrogen-bond donors (Lipinski definition) is 1. The second kappa shape index (κ2) is 54.5. The third-order valence-electron chi connectivity index (χ3n) is 12.3. The Morgan fingerprint density at radius 1 is 0.474 bits per heavy atom. The average molecular weight is 1080 g/mol. The minimum atomic E-state index is -4.73. The first-order valence-electron chi connectivity index (χ1n) is 30.0. The van der Waals surface area contributed by atoms with E-state index in [1.165, 1.54) is 51.4 Å². The summed E-state index contributed by atoms with van der Waals surface area (Å²) in [4.78, 5) is 39.9. The number of unbranched alkanes of at least 4 members (excludes halogenated alkanes) is 16. The van der Waals surface area contributed by atoms with Crippen molar-refractivity contribution in [3.05, 3.63) is 134 Å². The highest BCUT2D eigenvalue weighted by Gasteiger charge is 2.27. The monoisotopic (exact) mass is 1070 g/mol. The number of allylic oxidation sites excluding steroid dienone is 21. The van der Waals surface area contributed by atoms with Crippen LogP contribution in [0.1, 0.15) is 220 Å². The van der Waals surface area contributed by atoms with Gasteiger partial charge in [-0.15, -0.1) is 0 Å². The van der Waals surface area contributed by atoms with Crippen molar-refractivity contribution in [2.24, 2.45) is 0 Å². The number of likely N-dealkylation sites (N-methyl/N-ethyl adjacent to an activating group) is 1. The van der Waals surface area contributed by atoms with Crippen molar-refractivity contribution >= 4 is 19.7 Å². The van der Waals surface area contributed by atoms with Crippen molar-refractivity contribution in [1.82, 2.24) is 5.32 Å². The van der Waals surface area contributed by atoms with E-state index in [2.05, 4.69) is 148 Å². The van der Waals surface area contributed by atoms with E-state index in [9.17, 15) is 19.0 Å². The molecular weight excluding hydrogens is 964 g/mol. The molecule has 0 aromatic heterocycles. The van der Waals surface area contributed by atoms with E-state index in [0.29, 0.717) is 23.9 Å². The Hall–Kier alpha value is -3.85. The van der Waals surface area contributed by atoms with Gasteiger partial charge in [-0.1, -0.05) is 225 Å². The first kappa shape index (κ1) is 72.2. The number of carbonyl (C=O) groups is 2. The molecule has 0 aliphatic carbocycles. The summed E-state index contributed by atoms with van der Waals surface area (Å²) in [5.74, 6) is -0.643. The van der Waals surface area contributed by atoms with Crippen molar-refractivity contribution in [3.63, 3.8) is 0 Å². The van der Waals surface area contributed by atoms with Crippen molar-refractivity contribution in [1.29, 1.82) is 0 Å². The molecule has 0 rings (SSSR count). The van der Waals surface area contributed by atoms with Crippen molar-refractivity contribution in [3.8, 4) is 0 Å². The highest BCUT2D eigenvalue weighted by Crippen LogP contribution is 2.38. The fourth-order valence-corrected chi connectivity index (χ4v) is 8.48. The molecule has 0 bridgehead atoms. The van der Waals surface area contributed by atoms with Gasteiger partial charge >= 0.3 is 5.97 Å². The number of carbonyl (C=O) groups excluding carboxylic acids is 2.